The second kappa shape index (κ2) is 9.37. The average Bonchev–Trinajstić information content (AvgIpc) is 3.10. The maximum absolute atomic E-state index is 13.0. The number of para-hydroxylation sites is 2. The van der Waals surface area contributed by atoms with E-state index in [1.54, 1.807) is 34.9 Å². The molecule has 0 spiro atoms. The fourth-order valence-electron chi connectivity index (χ4n) is 3.15. The number of amides is 1. The van der Waals surface area contributed by atoms with Gasteiger partial charge in [-0.2, -0.15) is 0 Å². The quantitative estimate of drug-likeness (QED) is 0.405. The Morgan fingerprint density at radius 2 is 1.84 bits per heavy atom. The highest BCUT2D eigenvalue weighted by atomic mass is 35.5. The van der Waals surface area contributed by atoms with Gasteiger partial charge in [0.05, 0.1) is 16.1 Å². The topological polar surface area (TPSA) is 56.2 Å². The number of rotatable bonds is 7. The van der Waals surface area contributed by atoms with E-state index in [-0.39, 0.29) is 24.9 Å². The molecule has 1 amide bonds. The third-order valence-corrected chi connectivity index (χ3v) is 5.22. The van der Waals surface area contributed by atoms with Crippen LogP contribution in [0.15, 0.2) is 66.7 Å². The molecule has 3 aromatic carbocycles. The molecule has 0 bridgehead atoms. The molecule has 0 aliphatic heterocycles. The first kappa shape index (κ1) is 21.2. The number of hydrogen-bond acceptors (Lipinski definition) is 3. The van der Waals surface area contributed by atoms with E-state index in [1.807, 2.05) is 24.3 Å². The van der Waals surface area contributed by atoms with Gasteiger partial charge >= 0.3 is 0 Å². The van der Waals surface area contributed by atoms with Crippen molar-refractivity contribution in [2.75, 3.05) is 0 Å². The Kier molecular flexibility index (Phi) is 6.39. The number of halogens is 3. The van der Waals surface area contributed by atoms with Gasteiger partial charge in [-0.3, -0.25) is 4.79 Å². The highest BCUT2D eigenvalue weighted by Crippen LogP contribution is 2.28. The summed E-state index contributed by atoms with van der Waals surface area (Å²) in [6.07, 6.45) is 0. The van der Waals surface area contributed by atoms with Gasteiger partial charge in [0.1, 0.15) is 30.5 Å². The molecule has 0 unspecified atom stereocenters. The number of carbonyl (C=O) groups excluding carboxylic acids is 1. The molecular weight excluding hydrogens is 440 g/mol. The Hall–Kier alpha value is -3.09. The normalized spacial score (nSPS) is 10.9. The van der Waals surface area contributed by atoms with E-state index in [9.17, 15) is 9.18 Å². The standard InChI is InChI=1S/C23H18Cl2FN3O2/c24-16-7-10-21(18(25)11-16)31-14-22-28-19-3-1-2-4-20(19)29(22)13-23(30)27-12-15-5-8-17(26)9-6-15/h1-11H,12-14H2,(H,27,30). The first-order valence-electron chi connectivity index (χ1n) is 9.53. The van der Waals surface area contributed by atoms with Crippen molar-refractivity contribution in [1.82, 2.24) is 14.9 Å². The summed E-state index contributed by atoms with van der Waals surface area (Å²) >= 11 is 12.1. The van der Waals surface area contributed by atoms with E-state index in [0.717, 1.165) is 16.6 Å². The number of fused-ring (bicyclic) bond motifs is 1. The number of nitrogens with one attached hydrogen (secondary N) is 1. The van der Waals surface area contributed by atoms with Crippen LogP contribution in [-0.2, 0) is 24.5 Å². The van der Waals surface area contributed by atoms with Gasteiger partial charge < -0.3 is 14.6 Å². The summed E-state index contributed by atoms with van der Waals surface area (Å²) in [6.45, 7) is 0.494. The van der Waals surface area contributed by atoms with Crippen molar-refractivity contribution >= 4 is 40.1 Å². The van der Waals surface area contributed by atoms with E-state index in [0.29, 0.717) is 28.2 Å². The SMILES string of the molecule is O=C(Cn1c(COc2ccc(Cl)cc2Cl)nc2ccccc21)NCc1ccc(F)cc1. The van der Waals surface area contributed by atoms with Crippen LogP contribution in [0.25, 0.3) is 11.0 Å². The summed E-state index contributed by atoms with van der Waals surface area (Å²) < 4.78 is 20.7. The number of carbonyl (C=O) groups is 1. The Morgan fingerprint density at radius 3 is 2.61 bits per heavy atom. The molecule has 1 N–H and O–H groups in total. The summed E-state index contributed by atoms with van der Waals surface area (Å²) in [5.74, 6) is 0.554. The fourth-order valence-corrected chi connectivity index (χ4v) is 3.61. The van der Waals surface area contributed by atoms with Gasteiger partial charge in [0.15, 0.2) is 0 Å². The lowest BCUT2D eigenvalue weighted by molar-refractivity contribution is -0.121. The summed E-state index contributed by atoms with van der Waals surface area (Å²) in [5.41, 5.74) is 2.39. The highest BCUT2D eigenvalue weighted by Gasteiger charge is 2.15. The molecule has 4 rings (SSSR count). The number of imidazole rings is 1. The minimum absolute atomic E-state index is 0.0642. The van der Waals surface area contributed by atoms with Gasteiger partial charge in [0.25, 0.3) is 0 Å². The molecule has 0 aliphatic carbocycles. The molecular formula is C23H18Cl2FN3O2. The van der Waals surface area contributed by atoms with Crippen LogP contribution in [0.4, 0.5) is 4.39 Å². The maximum Gasteiger partial charge on any atom is 0.240 e. The van der Waals surface area contributed by atoms with Crippen molar-refractivity contribution in [3.05, 3.63) is 94.0 Å². The molecule has 4 aromatic rings. The van der Waals surface area contributed by atoms with Crippen LogP contribution in [0.1, 0.15) is 11.4 Å². The molecule has 0 atom stereocenters. The van der Waals surface area contributed by atoms with E-state index in [4.69, 9.17) is 27.9 Å². The van der Waals surface area contributed by atoms with E-state index in [2.05, 4.69) is 10.3 Å². The fraction of sp³-hybridized carbons (Fsp3) is 0.130. The second-order valence-electron chi connectivity index (χ2n) is 6.87. The zero-order chi connectivity index (χ0) is 21.8. The summed E-state index contributed by atoms with van der Waals surface area (Å²) in [4.78, 5) is 17.2. The Balaban J connectivity index is 1.50. The lowest BCUT2D eigenvalue weighted by Crippen LogP contribution is -2.28. The predicted molar refractivity (Wildman–Crippen MR) is 119 cm³/mol. The Bertz CT molecular complexity index is 1230. The molecule has 0 saturated carbocycles. The molecule has 0 saturated heterocycles. The summed E-state index contributed by atoms with van der Waals surface area (Å²) in [5, 5.41) is 3.76. The smallest absolute Gasteiger partial charge is 0.240 e. The van der Waals surface area contributed by atoms with Crippen molar-refractivity contribution in [1.29, 1.82) is 0 Å². The Labute approximate surface area is 188 Å². The van der Waals surface area contributed by atoms with Crippen LogP contribution in [0, 0.1) is 5.82 Å². The van der Waals surface area contributed by atoms with Gasteiger partial charge in [-0.25, -0.2) is 9.37 Å². The second-order valence-corrected chi connectivity index (χ2v) is 7.71. The number of nitrogens with zero attached hydrogens (tertiary/aromatic N) is 2. The van der Waals surface area contributed by atoms with Crippen molar-refractivity contribution in [3.8, 4) is 5.75 Å². The number of ether oxygens (including phenoxy) is 1. The van der Waals surface area contributed by atoms with Crippen molar-refractivity contribution in [2.45, 2.75) is 19.7 Å². The van der Waals surface area contributed by atoms with Crippen LogP contribution in [-0.4, -0.2) is 15.5 Å². The van der Waals surface area contributed by atoms with Gasteiger partial charge in [0.2, 0.25) is 5.91 Å². The first-order chi connectivity index (χ1) is 15.0. The lowest BCUT2D eigenvalue weighted by Gasteiger charge is -2.12. The monoisotopic (exact) mass is 457 g/mol. The van der Waals surface area contributed by atoms with Crippen LogP contribution >= 0.6 is 23.2 Å². The highest BCUT2D eigenvalue weighted by molar-refractivity contribution is 6.35. The van der Waals surface area contributed by atoms with Gasteiger partial charge in [-0.1, -0.05) is 47.5 Å². The molecule has 1 heterocycles. The largest absolute Gasteiger partial charge is 0.484 e. The van der Waals surface area contributed by atoms with Crippen LogP contribution in [0.3, 0.4) is 0 Å². The third-order valence-electron chi connectivity index (χ3n) is 4.69. The van der Waals surface area contributed by atoms with E-state index in [1.165, 1.54) is 12.1 Å². The van der Waals surface area contributed by atoms with Gasteiger partial charge in [-0.15, -0.1) is 0 Å². The van der Waals surface area contributed by atoms with Crippen LogP contribution < -0.4 is 10.1 Å². The van der Waals surface area contributed by atoms with Crippen molar-refractivity contribution in [2.24, 2.45) is 0 Å². The third kappa shape index (κ3) is 5.16. The average molecular weight is 458 g/mol. The van der Waals surface area contributed by atoms with Crippen LogP contribution in [0.2, 0.25) is 10.0 Å². The number of aromatic nitrogens is 2. The summed E-state index contributed by atoms with van der Waals surface area (Å²) in [6, 6.07) is 18.5. The molecule has 158 valence electrons. The van der Waals surface area contributed by atoms with Crippen molar-refractivity contribution < 1.29 is 13.9 Å². The minimum Gasteiger partial charge on any atom is -0.484 e. The summed E-state index contributed by atoms with van der Waals surface area (Å²) in [7, 11) is 0. The molecule has 0 radical (unpaired) electrons. The van der Waals surface area contributed by atoms with Gasteiger partial charge in [0, 0.05) is 11.6 Å². The predicted octanol–water partition coefficient (Wildman–Crippen LogP) is 5.38. The Morgan fingerprint density at radius 1 is 1.06 bits per heavy atom. The molecule has 5 nitrogen and oxygen atoms in total. The van der Waals surface area contributed by atoms with E-state index >= 15 is 0 Å². The zero-order valence-corrected chi connectivity index (χ0v) is 17.8. The molecule has 0 fully saturated rings. The number of hydrogen-bond donors (Lipinski definition) is 1. The molecule has 31 heavy (non-hydrogen) atoms. The maximum atomic E-state index is 13.0. The first-order valence-corrected chi connectivity index (χ1v) is 10.3. The zero-order valence-electron chi connectivity index (χ0n) is 16.3. The van der Waals surface area contributed by atoms with Crippen molar-refractivity contribution in [3.63, 3.8) is 0 Å². The van der Waals surface area contributed by atoms with E-state index < -0.39 is 0 Å². The molecule has 8 heteroatoms. The lowest BCUT2D eigenvalue weighted by atomic mass is 10.2. The van der Waals surface area contributed by atoms with Gasteiger partial charge in [-0.05, 0) is 48.0 Å². The van der Waals surface area contributed by atoms with Crippen LogP contribution in [0.5, 0.6) is 5.75 Å². The number of benzene rings is 3. The molecule has 0 aliphatic rings. The minimum atomic E-state index is -0.314. The molecule has 1 aromatic heterocycles.